The van der Waals surface area contributed by atoms with Gasteiger partial charge in [0.1, 0.15) is 5.78 Å². The first-order valence-electron chi connectivity index (χ1n) is 4.83. The van der Waals surface area contributed by atoms with Crippen molar-refractivity contribution in [2.45, 2.75) is 25.9 Å². The second-order valence-electron chi connectivity index (χ2n) is 3.67. The molecule has 1 unspecified atom stereocenters. The van der Waals surface area contributed by atoms with Gasteiger partial charge in [0, 0.05) is 0 Å². The normalized spacial score (nSPS) is 22.0. The fourth-order valence-corrected chi connectivity index (χ4v) is 1.50. The van der Waals surface area contributed by atoms with Crippen LogP contribution in [0.15, 0.2) is 0 Å². The molecule has 2 N–H and O–H groups in total. The molecule has 0 aliphatic carbocycles. The first-order valence-corrected chi connectivity index (χ1v) is 4.83. The number of rotatable bonds is 3. The maximum Gasteiger partial charge on any atom is 0.316 e. The van der Waals surface area contributed by atoms with Gasteiger partial charge in [-0.2, -0.15) is 0 Å². The Hall–Kier alpha value is -1.10. The van der Waals surface area contributed by atoms with Crippen molar-refractivity contribution in [1.29, 1.82) is 0 Å². The number of Topliss-reactive ketones (excluding diaryl/α,β-unsaturated/α-hetero) is 1. The minimum Gasteiger partial charge on any atom is -0.331 e. The molecule has 1 aliphatic rings. The third-order valence-corrected chi connectivity index (χ3v) is 2.32. The van der Waals surface area contributed by atoms with Gasteiger partial charge in [0.25, 0.3) is 0 Å². The van der Waals surface area contributed by atoms with Crippen molar-refractivity contribution in [3.8, 4) is 0 Å². The van der Waals surface area contributed by atoms with E-state index in [0.29, 0.717) is 0 Å². The minimum absolute atomic E-state index is 0.0417. The van der Waals surface area contributed by atoms with Crippen LogP contribution in [0.2, 0.25) is 0 Å². The van der Waals surface area contributed by atoms with Crippen LogP contribution >= 0.6 is 0 Å². The van der Waals surface area contributed by atoms with Crippen molar-refractivity contribution in [3.63, 3.8) is 0 Å². The molecule has 5 nitrogen and oxygen atoms in total. The number of amides is 2. The third kappa shape index (κ3) is 3.33. The van der Waals surface area contributed by atoms with Crippen LogP contribution in [-0.2, 0) is 4.79 Å². The van der Waals surface area contributed by atoms with E-state index in [4.69, 9.17) is 0 Å². The van der Waals surface area contributed by atoms with E-state index in [-0.39, 0.29) is 24.5 Å². The Morgan fingerprint density at radius 3 is 2.71 bits per heavy atom. The van der Waals surface area contributed by atoms with Gasteiger partial charge in [-0.1, -0.05) is 0 Å². The molecule has 1 fully saturated rings. The van der Waals surface area contributed by atoms with Crippen molar-refractivity contribution in [1.82, 2.24) is 15.5 Å². The molecule has 0 saturated carbocycles. The second-order valence-corrected chi connectivity index (χ2v) is 3.67. The van der Waals surface area contributed by atoms with E-state index in [0.717, 1.165) is 19.4 Å². The number of hydrogen-bond acceptors (Lipinski definition) is 3. The summed E-state index contributed by atoms with van der Waals surface area (Å²) in [4.78, 5) is 23.9. The Balaban J connectivity index is 2.22. The van der Waals surface area contributed by atoms with Gasteiger partial charge in [-0.25, -0.2) is 4.79 Å². The zero-order valence-electron chi connectivity index (χ0n) is 8.67. The SMILES string of the molecule is CC(=O)CNC(=O)NC1CCCN1C. The van der Waals surface area contributed by atoms with Gasteiger partial charge < -0.3 is 10.6 Å². The molecule has 0 aromatic rings. The predicted octanol–water partition coefficient (Wildman–Crippen LogP) is -0.0737. The van der Waals surface area contributed by atoms with Gasteiger partial charge in [-0.05, 0) is 33.4 Å². The summed E-state index contributed by atoms with van der Waals surface area (Å²) in [5.74, 6) is -0.0417. The highest BCUT2D eigenvalue weighted by molar-refractivity contribution is 5.83. The summed E-state index contributed by atoms with van der Waals surface area (Å²) in [6, 6.07) is -0.265. The van der Waals surface area contributed by atoms with Gasteiger partial charge in [-0.15, -0.1) is 0 Å². The summed E-state index contributed by atoms with van der Waals surface area (Å²) in [5.41, 5.74) is 0. The Morgan fingerprint density at radius 2 is 2.21 bits per heavy atom. The first-order chi connectivity index (χ1) is 6.59. The van der Waals surface area contributed by atoms with Crippen molar-refractivity contribution in [2.24, 2.45) is 0 Å². The number of nitrogens with one attached hydrogen (secondary N) is 2. The highest BCUT2D eigenvalue weighted by Gasteiger charge is 2.21. The Labute approximate surface area is 83.8 Å². The average Bonchev–Trinajstić information content (AvgIpc) is 2.49. The maximum atomic E-state index is 11.2. The Kier molecular flexibility index (Phi) is 3.88. The molecule has 2 amide bonds. The molecule has 0 radical (unpaired) electrons. The molecule has 0 aromatic carbocycles. The summed E-state index contributed by atoms with van der Waals surface area (Å²) in [6.07, 6.45) is 2.19. The quantitative estimate of drug-likeness (QED) is 0.668. The smallest absolute Gasteiger partial charge is 0.316 e. The second kappa shape index (κ2) is 4.95. The molecule has 1 aliphatic heterocycles. The summed E-state index contributed by atoms with van der Waals surface area (Å²) < 4.78 is 0. The zero-order chi connectivity index (χ0) is 10.6. The number of likely N-dealkylation sites (tertiary alicyclic amines) is 1. The number of urea groups is 1. The minimum atomic E-state index is -0.265. The van der Waals surface area contributed by atoms with Gasteiger partial charge in [0.15, 0.2) is 0 Å². The number of carbonyl (C=O) groups excluding carboxylic acids is 2. The number of hydrogen-bond donors (Lipinski definition) is 2. The third-order valence-electron chi connectivity index (χ3n) is 2.32. The number of ketones is 1. The van der Waals surface area contributed by atoms with E-state index in [1.165, 1.54) is 6.92 Å². The van der Waals surface area contributed by atoms with Crippen molar-refractivity contribution >= 4 is 11.8 Å². The lowest BCUT2D eigenvalue weighted by atomic mass is 10.3. The molecule has 5 heteroatoms. The van der Waals surface area contributed by atoms with Crippen LogP contribution in [0.25, 0.3) is 0 Å². The van der Waals surface area contributed by atoms with E-state index in [2.05, 4.69) is 15.5 Å². The molecule has 80 valence electrons. The fraction of sp³-hybridized carbons (Fsp3) is 0.778. The highest BCUT2D eigenvalue weighted by Crippen LogP contribution is 2.11. The van der Waals surface area contributed by atoms with Crippen LogP contribution in [0.4, 0.5) is 4.79 Å². The molecular formula is C9H17N3O2. The van der Waals surface area contributed by atoms with Gasteiger partial charge in [0.05, 0.1) is 12.7 Å². The monoisotopic (exact) mass is 199 g/mol. The average molecular weight is 199 g/mol. The van der Waals surface area contributed by atoms with Crippen molar-refractivity contribution < 1.29 is 9.59 Å². The van der Waals surface area contributed by atoms with Crippen LogP contribution in [-0.4, -0.2) is 43.0 Å². The fourth-order valence-electron chi connectivity index (χ4n) is 1.50. The number of nitrogens with zero attached hydrogens (tertiary/aromatic N) is 1. The van der Waals surface area contributed by atoms with Gasteiger partial charge >= 0.3 is 6.03 Å². The van der Waals surface area contributed by atoms with Crippen LogP contribution in [0.1, 0.15) is 19.8 Å². The molecule has 14 heavy (non-hydrogen) atoms. The maximum absolute atomic E-state index is 11.2. The molecule has 1 rings (SSSR count). The van der Waals surface area contributed by atoms with E-state index < -0.39 is 0 Å². The van der Waals surface area contributed by atoms with Crippen molar-refractivity contribution in [2.75, 3.05) is 20.1 Å². The van der Waals surface area contributed by atoms with Gasteiger partial charge in [0.2, 0.25) is 0 Å². The molecule has 1 saturated heterocycles. The lowest BCUT2D eigenvalue weighted by molar-refractivity contribution is -0.116. The van der Waals surface area contributed by atoms with E-state index in [1.54, 1.807) is 0 Å². The summed E-state index contributed by atoms with van der Waals surface area (Å²) in [7, 11) is 1.98. The summed E-state index contributed by atoms with van der Waals surface area (Å²) in [5, 5.41) is 5.31. The van der Waals surface area contributed by atoms with Crippen LogP contribution in [0.3, 0.4) is 0 Å². The summed E-state index contributed by atoms with van der Waals surface area (Å²) in [6.45, 7) is 2.56. The van der Waals surface area contributed by atoms with Crippen LogP contribution < -0.4 is 10.6 Å². The number of carbonyl (C=O) groups is 2. The molecule has 1 heterocycles. The standard InChI is InChI=1S/C9H17N3O2/c1-7(13)6-10-9(14)11-8-4-3-5-12(8)2/h8H,3-6H2,1-2H3,(H2,10,11,14). The van der Waals surface area contributed by atoms with E-state index in [9.17, 15) is 9.59 Å². The van der Waals surface area contributed by atoms with E-state index >= 15 is 0 Å². The van der Waals surface area contributed by atoms with Gasteiger partial charge in [-0.3, -0.25) is 9.69 Å². The Bertz CT molecular complexity index is 230. The Morgan fingerprint density at radius 1 is 1.50 bits per heavy atom. The molecule has 0 spiro atoms. The lowest BCUT2D eigenvalue weighted by Gasteiger charge is -2.20. The first kappa shape index (κ1) is 11.0. The van der Waals surface area contributed by atoms with Crippen molar-refractivity contribution in [3.05, 3.63) is 0 Å². The van der Waals surface area contributed by atoms with Crippen LogP contribution in [0.5, 0.6) is 0 Å². The summed E-state index contributed by atoms with van der Waals surface area (Å²) >= 11 is 0. The highest BCUT2D eigenvalue weighted by atomic mass is 16.2. The molecule has 0 bridgehead atoms. The molecule has 1 atom stereocenters. The lowest BCUT2D eigenvalue weighted by Crippen LogP contribution is -2.47. The van der Waals surface area contributed by atoms with E-state index in [1.807, 2.05) is 7.05 Å². The molecule has 0 aromatic heterocycles. The largest absolute Gasteiger partial charge is 0.331 e. The topological polar surface area (TPSA) is 61.4 Å². The molecular weight excluding hydrogens is 182 g/mol. The predicted molar refractivity (Wildman–Crippen MR) is 52.9 cm³/mol. The van der Waals surface area contributed by atoms with Crippen LogP contribution in [0, 0.1) is 0 Å². The zero-order valence-corrected chi connectivity index (χ0v) is 8.67.